The molecule has 0 spiro atoms. The number of aromatic hydroxyl groups is 1. The molecule has 0 saturated carbocycles. The summed E-state index contributed by atoms with van der Waals surface area (Å²) in [6.45, 7) is 0.0127. The molecule has 0 saturated heterocycles. The third-order valence-corrected chi connectivity index (χ3v) is 3.63. The zero-order valence-electron chi connectivity index (χ0n) is 12.3. The van der Waals surface area contributed by atoms with Crippen molar-refractivity contribution in [3.05, 3.63) is 61.7 Å². The molecule has 0 fully saturated rings. The SMILES string of the molecule is O=C(CNc1ccc(I)cc1)N/N=C/c1cc([N+](=O)[O-])ccc1O. The molecule has 0 aromatic heterocycles. The lowest BCUT2D eigenvalue weighted by atomic mass is 10.2. The van der Waals surface area contributed by atoms with Gasteiger partial charge in [-0.3, -0.25) is 14.9 Å². The molecule has 0 unspecified atom stereocenters. The van der Waals surface area contributed by atoms with E-state index in [0.717, 1.165) is 21.5 Å². The van der Waals surface area contributed by atoms with Crippen molar-refractivity contribution in [1.29, 1.82) is 0 Å². The Morgan fingerprint density at radius 3 is 2.67 bits per heavy atom. The number of hydrogen-bond acceptors (Lipinski definition) is 6. The average molecular weight is 440 g/mol. The van der Waals surface area contributed by atoms with Crippen molar-refractivity contribution in [2.75, 3.05) is 11.9 Å². The first kappa shape index (κ1) is 17.7. The number of carbonyl (C=O) groups is 1. The second-order valence-electron chi connectivity index (χ2n) is 4.65. The summed E-state index contributed by atoms with van der Waals surface area (Å²) in [5.41, 5.74) is 3.03. The van der Waals surface area contributed by atoms with E-state index >= 15 is 0 Å². The molecule has 0 aliphatic heterocycles. The number of nitrogens with zero attached hydrogens (tertiary/aromatic N) is 2. The van der Waals surface area contributed by atoms with E-state index in [1.54, 1.807) is 0 Å². The van der Waals surface area contributed by atoms with Gasteiger partial charge in [-0.1, -0.05) is 0 Å². The number of nitro groups is 1. The number of hydrogen-bond donors (Lipinski definition) is 3. The normalized spacial score (nSPS) is 10.5. The van der Waals surface area contributed by atoms with Gasteiger partial charge in [0.05, 0.1) is 17.7 Å². The maximum absolute atomic E-state index is 11.7. The molecule has 1 amide bonds. The Morgan fingerprint density at radius 1 is 1.29 bits per heavy atom. The first-order valence-corrected chi connectivity index (χ1v) is 7.82. The maximum atomic E-state index is 11.7. The van der Waals surface area contributed by atoms with Gasteiger partial charge in [-0.25, -0.2) is 5.43 Å². The van der Waals surface area contributed by atoms with Gasteiger partial charge in [-0.15, -0.1) is 0 Å². The number of benzene rings is 2. The van der Waals surface area contributed by atoms with Crippen LogP contribution in [0, 0.1) is 13.7 Å². The molecule has 3 N–H and O–H groups in total. The Hall–Kier alpha value is -2.69. The number of nitro benzene ring substituents is 1. The predicted molar refractivity (Wildman–Crippen MR) is 98.1 cm³/mol. The summed E-state index contributed by atoms with van der Waals surface area (Å²) in [5, 5.41) is 26.9. The van der Waals surface area contributed by atoms with Crippen LogP contribution in [0.4, 0.5) is 11.4 Å². The summed E-state index contributed by atoms with van der Waals surface area (Å²) < 4.78 is 1.09. The Balaban J connectivity index is 1.89. The molecule has 0 atom stereocenters. The van der Waals surface area contributed by atoms with Crippen LogP contribution in [0.2, 0.25) is 0 Å². The van der Waals surface area contributed by atoms with E-state index in [1.807, 2.05) is 24.3 Å². The van der Waals surface area contributed by atoms with Crippen LogP contribution >= 0.6 is 22.6 Å². The van der Waals surface area contributed by atoms with Gasteiger partial charge in [0.1, 0.15) is 5.75 Å². The highest BCUT2D eigenvalue weighted by Crippen LogP contribution is 2.21. The number of amides is 1. The molecule has 0 aliphatic carbocycles. The van der Waals surface area contributed by atoms with Crippen LogP contribution in [-0.2, 0) is 4.79 Å². The highest BCUT2D eigenvalue weighted by Gasteiger charge is 2.08. The molecule has 0 aliphatic rings. The topological polar surface area (TPSA) is 117 Å². The first-order chi connectivity index (χ1) is 11.5. The van der Waals surface area contributed by atoms with Crippen LogP contribution in [0.1, 0.15) is 5.56 Å². The molecule has 124 valence electrons. The van der Waals surface area contributed by atoms with Gasteiger partial charge >= 0.3 is 0 Å². The minimum absolute atomic E-state index is 0.0127. The molecule has 24 heavy (non-hydrogen) atoms. The van der Waals surface area contributed by atoms with Crippen molar-refractivity contribution in [2.24, 2.45) is 5.10 Å². The second-order valence-corrected chi connectivity index (χ2v) is 5.90. The summed E-state index contributed by atoms with van der Waals surface area (Å²) in [6.07, 6.45) is 1.14. The zero-order chi connectivity index (χ0) is 17.5. The van der Waals surface area contributed by atoms with Gasteiger partial charge in [-0.05, 0) is 52.9 Å². The van der Waals surface area contributed by atoms with Crippen LogP contribution in [0.5, 0.6) is 5.75 Å². The number of non-ortho nitro benzene ring substituents is 1. The molecule has 0 heterocycles. The standard InChI is InChI=1S/C15H13IN4O4/c16-11-1-3-12(4-2-11)17-9-15(22)19-18-8-10-7-13(20(23)24)5-6-14(10)21/h1-8,17,21H,9H2,(H,19,22)/b18-8+. The molecule has 8 nitrogen and oxygen atoms in total. The Labute approximate surface area is 150 Å². The minimum atomic E-state index is -0.583. The van der Waals surface area contributed by atoms with Crippen molar-refractivity contribution < 1.29 is 14.8 Å². The van der Waals surface area contributed by atoms with Crippen LogP contribution in [-0.4, -0.2) is 28.7 Å². The van der Waals surface area contributed by atoms with Gasteiger partial charge < -0.3 is 10.4 Å². The predicted octanol–water partition coefficient (Wildman–Crippen LogP) is 2.47. The molecule has 2 rings (SSSR count). The fraction of sp³-hybridized carbons (Fsp3) is 0.0667. The van der Waals surface area contributed by atoms with E-state index in [4.69, 9.17) is 0 Å². The molecule has 0 bridgehead atoms. The van der Waals surface area contributed by atoms with E-state index in [2.05, 4.69) is 38.4 Å². The lowest BCUT2D eigenvalue weighted by molar-refractivity contribution is -0.384. The van der Waals surface area contributed by atoms with E-state index in [-0.39, 0.29) is 23.5 Å². The number of halogens is 1. The first-order valence-electron chi connectivity index (χ1n) is 6.74. The Bertz CT molecular complexity index is 778. The smallest absolute Gasteiger partial charge is 0.270 e. The van der Waals surface area contributed by atoms with Crippen molar-refractivity contribution in [3.8, 4) is 5.75 Å². The highest BCUT2D eigenvalue weighted by molar-refractivity contribution is 14.1. The Morgan fingerprint density at radius 2 is 2.00 bits per heavy atom. The number of phenolic OH excluding ortho intramolecular Hbond substituents is 1. The monoisotopic (exact) mass is 440 g/mol. The number of phenols is 1. The van der Waals surface area contributed by atoms with Gasteiger partial charge in [0.2, 0.25) is 0 Å². The Kier molecular flexibility index (Phi) is 6.07. The van der Waals surface area contributed by atoms with Crippen LogP contribution in [0.3, 0.4) is 0 Å². The highest BCUT2D eigenvalue weighted by atomic mass is 127. The van der Waals surface area contributed by atoms with Crippen molar-refractivity contribution in [1.82, 2.24) is 5.43 Å². The summed E-state index contributed by atoms with van der Waals surface area (Å²) >= 11 is 2.18. The second kappa shape index (κ2) is 8.24. The van der Waals surface area contributed by atoms with Crippen LogP contribution in [0.15, 0.2) is 47.6 Å². The molecule has 9 heteroatoms. The third kappa shape index (κ3) is 5.19. The quantitative estimate of drug-likeness (QED) is 0.276. The van der Waals surface area contributed by atoms with E-state index in [0.29, 0.717) is 0 Å². The summed E-state index contributed by atoms with van der Waals surface area (Å²) in [6, 6.07) is 11.0. The van der Waals surface area contributed by atoms with Gasteiger partial charge in [0.25, 0.3) is 11.6 Å². The summed E-state index contributed by atoms with van der Waals surface area (Å²) in [4.78, 5) is 21.8. The zero-order valence-corrected chi connectivity index (χ0v) is 14.4. The third-order valence-electron chi connectivity index (χ3n) is 2.91. The van der Waals surface area contributed by atoms with E-state index < -0.39 is 10.8 Å². The number of nitrogens with one attached hydrogen (secondary N) is 2. The van der Waals surface area contributed by atoms with Crippen LogP contribution in [0.25, 0.3) is 0 Å². The van der Waals surface area contributed by atoms with Gasteiger partial charge in [0.15, 0.2) is 0 Å². The fourth-order valence-electron chi connectivity index (χ4n) is 1.72. The molecular weight excluding hydrogens is 427 g/mol. The van der Waals surface area contributed by atoms with Crippen LogP contribution < -0.4 is 10.7 Å². The van der Waals surface area contributed by atoms with E-state index in [9.17, 15) is 20.0 Å². The van der Waals surface area contributed by atoms with Gasteiger partial charge in [0, 0.05) is 27.0 Å². The number of anilines is 1. The molecule has 2 aromatic rings. The largest absolute Gasteiger partial charge is 0.507 e. The molecule has 2 aromatic carbocycles. The number of hydrazone groups is 1. The van der Waals surface area contributed by atoms with Crippen molar-refractivity contribution in [2.45, 2.75) is 0 Å². The summed E-state index contributed by atoms with van der Waals surface area (Å²) in [5.74, 6) is -0.565. The number of rotatable bonds is 6. The van der Waals surface area contributed by atoms with Gasteiger partial charge in [-0.2, -0.15) is 5.10 Å². The molecular formula is C15H13IN4O4. The average Bonchev–Trinajstić information content (AvgIpc) is 2.56. The van der Waals surface area contributed by atoms with Crippen molar-refractivity contribution >= 4 is 46.1 Å². The van der Waals surface area contributed by atoms with Crippen molar-refractivity contribution in [3.63, 3.8) is 0 Å². The maximum Gasteiger partial charge on any atom is 0.270 e. The lowest BCUT2D eigenvalue weighted by Gasteiger charge is -2.05. The summed E-state index contributed by atoms with van der Waals surface area (Å²) in [7, 11) is 0. The minimum Gasteiger partial charge on any atom is -0.507 e. The van der Waals surface area contributed by atoms with E-state index in [1.165, 1.54) is 12.1 Å². The molecule has 0 radical (unpaired) electrons. The fourth-order valence-corrected chi connectivity index (χ4v) is 2.08. The lowest BCUT2D eigenvalue weighted by Crippen LogP contribution is -2.25. The number of carbonyl (C=O) groups excluding carboxylic acids is 1.